The second-order valence-corrected chi connectivity index (χ2v) is 5.83. The average molecular weight is 317 g/mol. The zero-order valence-corrected chi connectivity index (χ0v) is 13.9. The van der Waals surface area contributed by atoms with Gasteiger partial charge < -0.3 is 10.1 Å². The molecule has 1 aromatic carbocycles. The van der Waals surface area contributed by atoms with Gasteiger partial charge in [-0.3, -0.25) is 4.90 Å². The van der Waals surface area contributed by atoms with Crippen molar-refractivity contribution in [2.75, 3.05) is 33.3 Å². The zero-order valence-electron chi connectivity index (χ0n) is 13.1. The molecule has 0 radical (unpaired) electrons. The number of nitrogens with zero attached hydrogens (tertiary/aromatic N) is 1. The van der Waals surface area contributed by atoms with E-state index in [-0.39, 0.29) is 18.2 Å². The summed E-state index contributed by atoms with van der Waals surface area (Å²) in [6.07, 6.45) is 1.08. The first-order valence-corrected chi connectivity index (χ1v) is 7.40. The molecule has 1 aliphatic rings. The number of ether oxygens (including phenoxy) is 1. The van der Waals surface area contributed by atoms with Gasteiger partial charge in [0.2, 0.25) is 0 Å². The van der Waals surface area contributed by atoms with Gasteiger partial charge in [0.15, 0.2) is 11.6 Å². The topological polar surface area (TPSA) is 24.5 Å². The molecule has 1 fully saturated rings. The third kappa shape index (κ3) is 4.83. The smallest absolute Gasteiger partial charge is 0.165 e. The maximum Gasteiger partial charge on any atom is 0.165 e. The maximum atomic E-state index is 13.6. The Morgan fingerprint density at radius 1 is 1.29 bits per heavy atom. The zero-order chi connectivity index (χ0) is 14.5. The highest BCUT2D eigenvalue weighted by molar-refractivity contribution is 5.85. The molecule has 5 heteroatoms. The number of hydrogen-bond donors (Lipinski definition) is 1. The molecule has 1 N–H and O–H groups in total. The van der Waals surface area contributed by atoms with Crippen LogP contribution < -0.4 is 10.1 Å². The summed E-state index contributed by atoms with van der Waals surface area (Å²) < 4.78 is 18.7. The van der Waals surface area contributed by atoms with Gasteiger partial charge in [-0.25, -0.2) is 4.39 Å². The Bertz CT molecular complexity index is 436. The molecule has 1 atom stereocenters. The number of rotatable bonds is 5. The summed E-state index contributed by atoms with van der Waals surface area (Å²) in [7, 11) is 1.52. The Morgan fingerprint density at radius 2 is 1.95 bits per heavy atom. The molecule has 1 aromatic rings. The van der Waals surface area contributed by atoms with E-state index in [9.17, 15) is 4.39 Å². The van der Waals surface area contributed by atoms with Gasteiger partial charge >= 0.3 is 0 Å². The van der Waals surface area contributed by atoms with Gasteiger partial charge in [-0.05, 0) is 30.0 Å². The summed E-state index contributed by atoms with van der Waals surface area (Å²) in [4.78, 5) is 2.49. The maximum absolute atomic E-state index is 13.6. The number of methoxy groups -OCH3 is 1. The summed E-state index contributed by atoms with van der Waals surface area (Å²) in [6, 6.07) is 5.60. The Hall–Kier alpha value is -0.840. The number of hydrogen-bond acceptors (Lipinski definition) is 3. The van der Waals surface area contributed by atoms with Gasteiger partial charge in [0, 0.05) is 32.2 Å². The lowest BCUT2D eigenvalue weighted by molar-refractivity contribution is 0.153. The first-order valence-electron chi connectivity index (χ1n) is 7.40. The molecule has 1 saturated heterocycles. The second kappa shape index (κ2) is 8.57. The van der Waals surface area contributed by atoms with Crippen LogP contribution in [0.25, 0.3) is 0 Å². The largest absolute Gasteiger partial charge is 0.494 e. The standard InChI is InChI=1S/C16H25FN2O.ClH/c1-12(2)10-15(19-8-6-18-7-9-19)13-4-5-14(17)16(11-13)20-3;/h4-5,11-12,15,18H,6-10H2,1-3H3;1H/t15-;/m0./s1. The van der Waals surface area contributed by atoms with Crippen molar-refractivity contribution >= 4 is 12.4 Å². The van der Waals surface area contributed by atoms with E-state index in [1.54, 1.807) is 0 Å². The van der Waals surface area contributed by atoms with Crippen LogP contribution in [0.4, 0.5) is 4.39 Å². The van der Waals surface area contributed by atoms with Gasteiger partial charge in [0.05, 0.1) is 7.11 Å². The van der Waals surface area contributed by atoms with Crippen LogP contribution in [0.3, 0.4) is 0 Å². The van der Waals surface area contributed by atoms with Crippen LogP contribution >= 0.6 is 12.4 Å². The highest BCUT2D eigenvalue weighted by atomic mass is 35.5. The molecule has 120 valence electrons. The molecule has 0 unspecified atom stereocenters. The van der Waals surface area contributed by atoms with Crippen LogP contribution in [-0.4, -0.2) is 38.2 Å². The van der Waals surface area contributed by atoms with E-state index in [1.807, 2.05) is 12.1 Å². The summed E-state index contributed by atoms with van der Waals surface area (Å²) in [5.41, 5.74) is 1.15. The molecule has 0 saturated carbocycles. The fourth-order valence-electron chi connectivity index (χ4n) is 2.82. The van der Waals surface area contributed by atoms with Crippen LogP contribution in [-0.2, 0) is 0 Å². The Kier molecular flexibility index (Phi) is 7.43. The first kappa shape index (κ1) is 18.2. The van der Waals surface area contributed by atoms with Crippen LogP contribution in [0, 0.1) is 11.7 Å². The van der Waals surface area contributed by atoms with E-state index in [2.05, 4.69) is 24.1 Å². The SMILES string of the molecule is COc1cc([C@H](CC(C)C)N2CCNCC2)ccc1F.Cl. The monoisotopic (exact) mass is 316 g/mol. The van der Waals surface area contributed by atoms with Crippen LogP contribution in [0.5, 0.6) is 5.75 Å². The Balaban J connectivity index is 0.00000220. The third-order valence-corrected chi connectivity index (χ3v) is 3.85. The summed E-state index contributed by atoms with van der Waals surface area (Å²) in [5.74, 6) is 0.650. The van der Waals surface area contributed by atoms with Crippen molar-refractivity contribution in [2.24, 2.45) is 5.92 Å². The van der Waals surface area contributed by atoms with E-state index in [4.69, 9.17) is 4.74 Å². The van der Waals surface area contributed by atoms with E-state index < -0.39 is 0 Å². The van der Waals surface area contributed by atoms with Gasteiger partial charge in [-0.2, -0.15) is 0 Å². The predicted molar refractivity (Wildman–Crippen MR) is 86.8 cm³/mol. The lowest BCUT2D eigenvalue weighted by Crippen LogP contribution is -2.45. The first-order chi connectivity index (χ1) is 9.61. The van der Waals surface area contributed by atoms with Crippen molar-refractivity contribution in [1.82, 2.24) is 10.2 Å². The minimum Gasteiger partial charge on any atom is -0.494 e. The van der Waals surface area contributed by atoms with E-state index >= 15 is 0 Å². The number of benzene rings is 1. The van der Waals surface area contributed by atoms with Crippen molar-refractivity contribution < 1.29 is 9.13 Å². The molecule has 0 bridgehead atoms. The molecular formula is C16H26ClFN2O. The quantitative estimate of drug-likeness (QED) is 0.902. The van der Waals surface area contributed by atoms with Gasteiger partial charge in [-0.1, -0.05) is 19.9 Å². The Morgan fingerprint density at radius 3 is 2.52 bits per heavy atom. The summed E-state index contributed by atoms with van der Waals surface area (Å²) >= 11 is 0. The van der Waals surface area contributed by atoms with E-state index in [1.165, 1.54) is 13.2 Å². The van der Waals surface area contributed by atoms with E-state index in [0.29, 0.717) is 17.7 Å². The van der Waals surface area contributed by atoms with Crippen molar-refractivity contribution in [2.45, 2.75) is 26.3 Å². The second-order valence-electron chi connectivity index (χ2n) is 5.83. The van der Waals surface area contributed by atoms with Crippen molar-refractivity contribution in [1.29, 1.82) is 0 Å². The third-order valence-electron chi connectivity index (χ3n) is 3.85. The molecule has 2 rings (SSSR count). The van der Waals surface area contributed by atoms with Gasteiger partial charge in [-0.15, -0.1) is 12.4 Å². The molecule has 0 aliphatic carbocycles. The number of nitrogens with one attached hydrogen (secondary N) is 1. The summed E-state index contributed by atoms with van der Waals surface area (Å²) in [5, 5.41) is 3.38. The van der Waals surface area contributed by atoms with Crippen LogP contribution in [0.1, 0.15) is 31.9 Å². The molecule has 1 heterocycles. The lowest BCUT2D eigenvalue weighted by atomic mass is 9.95. The molecule has 3 nitrogen and oxygen atoms in total. The summed E-state index contributed by atoms with van der Waals surface area (Å²) in [6.45, 7) is 8.58. The fraction of sp³-hybridized carbons (Fsp3) is 0.625. The van der Waals surface area contributed by atoms with Crippen molar-refractivity contribution in [3.8, 4) is 5.75 Å². The minimum atomic E-state index is -0.292. The normalized spacial score (nSPS) is 17.4. The van der Waals surface area contributed by atoms with Crippen molar-refractivity contribution in [3.63, 3.8) is 0 Å². The average Bonchev–Trinajstić information content (AvgIpc) is 2.46. The number of piperazine rings is 1. The Labute approximate surface area is 133 Å². The lowest BCUT2D eigenvalue weighted by Gasteiger charge is -2.36. The van der Waals surface area contributed by atoms with Crippen LogP contribution in [0.2, 0.25) is 0 Å². The highest BCUT2D eigenvalue weighted by Crippen LogP contribution is 2.31. The van der Waals surface area contributed by atoms with Gasteiger partial charge in [0.25, 0.3) is 0 Å². The fourth-order valence-corrected chi connectivity index (χ4v) is 2.82. The molecule has 0 amide bonds. The predicted octanol–water partition coefficient (Wildman–Crippen LogP) is 3.25. The van der Waals surface area contributed by atoms with Gasteiger partial charge in [0.1, 0.15) is 0 Å². The molecule has 1 aliphatic heterocycles. The minimum absolute atomic E-state index is 0. The van der Waals surface area contributed by atoms with E-state index in [0.717, 1.165) is 38.2 Å². The molecule has 0 aromatic heterocycles. The van der Waals surface area contributed by atoms with Crippen LogP contribution in [0.15, 0.2) is 18.2 Å². The van der Waals surface area contributed by atoms with Crippen molar-refractivity contribution in [3.05, 3.63) is 29.6 Å². The molecule has 21 heavy (non-hydrogen) atoms. The highest BCUT2D eigenvalue weighted by Gasteiger charge is 2.23. The molecule has 0 spiro atoms. The molecular weight excluding hydrogens is 291 g/mol. The number of halogens is 2.